The van der Waals surface area contributed by atoms with E-state index in [0.29, 0.717) is 11.4 Å². The highest BCUT2D eigenvalue weighted by molar-refractivity contribution is 7.10. The van der Waals surface area contributed by atoms with Crippen LogP contribution in [0, 0.1) is 0 Å². The molecule has 1 N–H and O–H groups in total. The van der Waals surface area contributed by atoms with E-state index in [4.69, 9.17) is 4.74 Å². The van der Waals surface area contributed by atoms with Gasteiger partial charge in [0.2, 0.25) is 5.88 Å². The van der Waals surface area contributed by atoms with Gasteiger partial charge in [0.1, 0.15) is 10.6 Å². The molecule has 6 nitrogen and oxygen atoms in total. The van der Waals surface area contributed by atoms with Crippen LogP contribution >= 0.6 is 11.3 Å². The number of rotatable bonds is 5. The van der Waals surface area contributed by atoms with Gasteiger partial charge in [-0.05, 0) is 31.2 Å². The summed E-state index contributed by atoms with van der Waals surface area (Å²) in [5.74, 6) is 0.0583. The fourth-order valence-electron chi connectivity index (χ4n) is 2.20. The van der Waals surface area contributed by atoms with Gasteiger partial charge in [0.05, 0.1) is 18.8 Å². The Bertz CT molecular complexity index is 835. The summed E-state index contributed by atoms with van der Waals surface area (Å²) < 4.78 is 5.12. The predicted molar refractivity (Wildman–Crippen MR) is 92.0 cm³/mol. The Labute approximate surface area is 143 Å². The Hall–Kier alpha value is -2.80. The molecule has 0 bridgehead atoms. The van der Waals surface area contributed by atoms with Crippen molar-refractivity contribution in [3.05, 3.63) is 58.8 Å². The summed E-state index contributed by atoms with van der Waals surface area (Å²) in [6.07, 6.45) is 5.07. The fraction of sp³-hybridized carbons (Fsp3) is 0.176. The fourth-order valence-corrected chi connectivity index (χ4v) is 3.03. The topological polar surface area (TPSA) is 77.0 Å². The third kappa shape index (κ3) is 3.41. The second kappa shape index (κ2) is 7.18. The maximum Gasteiger partial charge on any atom is 0.257 e. The number of ether oxygens (including phenoxy) is 1. The molecule has 0 aliphatic heterocycles. The highest BCUT2D eigenvalue weighted by Gasteiger charge is 2.18. The van der Waals surface area contributed by atoms with Crippen LogP contribution in [0.3, 0.4) is 0 Å². The number of carbonyl (C=O) groups is 1. The summed E-state index contributed by atoms with van der Waals surface area (Å²) in [6.45, 7) is 1.90. The molecule has 0 fully saturated rings. The van der Waals surface area contributed by atoms with E-state index in [2.05, 4.69) is 20.3 Å². The van der Waals surface area contributed by atoms with Gasteiger partial charge in [-0.25, -0.2) is 9.97 Å². The summed E-state index contributed by atoms with van der Waals surface area (Å²) in [5, 5.41) is 5.71. The van der Waals surface area contributed by atoms with Crippen LogP contribution in [0.1, 0.15) is 28.3 Å². The van der Waals surface area contributed by atoms with Gasteiger partial charge in [-0.1, -0.05) is 0 Å². The smallest absolute Gasteiger partial charge is 0.257 e. The van der Waals surface area contributed by atoms with Crippen LogP contribution in [0.2, 0.25) is 0 Å². The number of carbonyl (C=O) groups excluding carboxylic acids is 1. The van der Waals surface area contributed by atoms with Gasteiger partial charge >= 0.3 is 0 Å². The van der Waals surface area contributed by atoms with Crippen molar-refractivity contribution in [1.29, 1.82) is 0 Å². The van der Waals surface area contributed by atoms with Gasteiger partial charge in [-0.3, -0.25) is 9.78 Å². The maximum atomic E-state index is 12.4. The third-order valence-electron chi connectivity index (χ3n) is 3.41. The van der Waals surface area contributed by atoms with Crippen molar-refractivity contribution in [3.8, 4) is 17.1 Å². The molecule has 1 atom stereocenters. The zero-order valence-electron chi connectivity index (χ0n) is 13.3. The molecule has 24 heavy (non-hydrogen) atoms. The van der Waals surface area contributed by atoms with Gasteiger partial charge in [0, 0.05) is 29.5 Å². The second-order valence-electron chi connectivity index (χ2n) is 5.07. The standard InChI is InChI=1S/C17H16N4O2S/c1-11(20-15(22)13-6-4-8-19-16(13)23-2)17-21-14(10-24-17)12-5-3-7-18-9-12/h3-11H,1-2H3,(H,20,22)/t11-/m1/s1. The van der Waals surface area contributed by atoms with E-state index in [-0.39, 0.29) is 11.9 Å². The molecule has 0 aromatic carbocycles. The average molecular weight is 340 g/mol. The minimum atomic E-state index is -0.245. The maximum absolute atomic E-state index is 12.4. The molecule has 0 saturated carbocycles. The number of hydrogen-bond acceptors (Lipinski definition) is 6. The van der Waals surface area contributed by atoms with E-state index in [1.165, 1.54) is 18.4 Å². The molecule has 3 aromatic rings. The molecular weight excluding hydrogens is 324 g/mol. The Balaban J connectivity index is 1.74. The monoisotopic (exact) mass is 340 g/mol. The average Bonchev–Trinajstić information content (AvgIpc) is 3.12. The number of methoxy groups -OCH3 is 1. The lowest BCUT2D eigenvalue weighted by molar-refractivity contribution is 0.0936. The molecule has 3 aromatic heterocycles. The van der Waals surface area contributed by atoms with Crippen molar-refractivity contribution < 1.29 is 9.53 Å². The van der Waals surface area contributed by atoms with E-state index < -0.39 is 0 Å². The highest BCUT2D eigenvalue weighted by atomic mass is 32.1. The first kappa shape index (κ1) is 16.1. The summed E-state index contributed by atoms with van der Waals surface area (Å²) >= 11 is 1.50. The number of aromatic nitrogens is 3. The summed E-state index contributed by atoms with van der Waals surface area (Å²) in [6, 6.07) is 6.98. The molecule has 3 rings (SSSR count). The van der Waals surface area contributed by atoms with Gasteiger partial charge in [-0.15, -0.1) is 11.3 Å². The van der Waals surface area contributed by atoms with E-state index in [9.17, 15) is 4.79 Å². The molecule has 7 heteroatoms. The van der Waals surface area contributed by atoms with Crippen LogP contribution in [-0.2, 0) is 0 Å². The molecule has 0 unspecified atom stereocenters. The van der Waals surface area contributed by atoms with Crippen LogP contribution < -0.4 is 10.1 Å². The Morgan fingerprint density at radius 3 is 2.88 bits per heavy atom. The van der Waals surface area contributed by atoms with Gasteiger partial charge in [0.25, 0.3) is 5.91 Å². The van der Waals surface area contributed by atoms with Gasteiger partial charge in [-0.2, -0.15) is 0 Å². The minimum absolute atomic E-state index is 0.224. The van der Waals surface area contributed by atoms with Crippen molar-refractivity contribution in [1.82, 2.24) is 20.3 Å². The Morgan fingerprint density at radius 2 is 2.12 bits per heavy atom. The zero-order valence-corrected chi connectivity index (χ0v) is 14.1. The molecule has 122 valence electrons. The molecular formula is C17H16N4O2S. The van der Waals surface area contributed by atoms with Crippen LogP contribution in [0.5, 0.6) is 5.88 Å². The van der Waals surface area contributed by atoms with Crippen molar-refractivity contribution in [2.45, 2.75) is 13.0 Å². The van der Waals surface area contributed by atoms with Gasteiger partial charge < -0.3 is 10.1 Å². The Morgan fingerprint density at radius 1 is 1.29 bits per heavy atom. The van der Waals surface area contributed by atoms with Crippen LogP contribution in [-0.4, -0.2) is 28.0 Å². The minimum Gasteiger partial charge on any atom is -0.480 e. The van der Waals surface area contributed by atoms with E-state index in [0.717, 1.165) is 16.3 Å². The number of pyridine rings is 2. The number of hydrogen-bond donors (Lipinski definition) is 1. The number of nitrogens with zero attached hydrogens (tertiary/aromatic N) is 3. The second-order valence-corrected chi connectivity index (χ2v) is 5.96. The lowest BCUT2D eigenvalue weighted by Gasteiger charge is -2.12. The van der Waals surface area contributed by atoms with Crippen molar-refractivity contribution >= 4 is 17.2 Å². The summed E-state index contributed by atoms with van der Waals surface area (Å²) in [7, 11) is 1.49. The first-order valence-electron chi connectivity index (χ1n) is 7.34. The number of thiazole rings is 1. The SMILES string of the molecule is COc1ncccc1C(=O)N[C@H](C)c1nc(-c2cccnc2)cs1. The molecule has 3 heterocycles. The largest absolute Gasteiger partial charge is 0.480 e. The van der Waals surface area contributed by atoms with Crippen LogP contribution in [0.25, 0.3) is 11.3 Å². The lowest BCUT2D eigenvalue weighted by Crippen LogP contribution is -2.27. The molecule has 0 aliphatic carbocycles. The van der Waals surface area contributed by atoms with Crippen molar-refractivity contribution in [2.75, 3.05) is 7.11 Å². The third-order valence-corrected chi connectivity index (χ3v) is 4.43. The predicted octanol–water partition coefficient (Wildman–Crippen LogP) is 3.10. The molecule has 0 saturated heterocycles. The Kier molecular flexibility index (Phi) is 4.81. The molecule has 1 amide bonds. The van der Waals surface area contributed by atoms with E-state index in [1.807, 2.05) is 24.4 Å². The summed E-state index contributed by atoms with van der Waals surface area (Å²) in [4.78, 5) is 25.1. The van der Waals surface area contributed by atoms with Crippen LogP contribution in [0.15, 0.2) is 48.2 Å². The highest BCUT2D eigenvalue weighted by Crippen LogP contribution is 2.25. The van der Waals surface area contributed by atoms with E-state index >= 15 is 0 Å². The van der Waals surface area contributed by atoms with Crippen molar-refractivity contribution in [2.24, 2.45) is 0 Å². The molecule has 0 aliphatic rings. The van der Waals surface area contributed by atoms with Gasteiger partial charge in [0.15, 0.2) is 0 Å². The lowest BCUT2D eigenvalue weighted by atomic mass is 10.2. The molecule has 0 spiro atoms. The number of nitrogens with one attached hydrogen (secondary N) is 1. The quantitative estimate of drug-likeness (QED) is 0.772. The number of amides is 1. The van der Waals surface area contributed by atoms with Crippen molar-refractivity contribution in [3.63, 3.8) is 0 Å². The summed E-state index contributed by atoms with van der Waals surface area (Å²) in [5.41, 5.74) is 2.20. The molecule has 0 radical (unpaired) electrons. The first-order valence-corrected chi connectivity index (χ1v) is 8.22. The zero-order chi connectivity index (χ0) is 16.9. The van der Waals surface area contributed by atoms with E-state index in [1.54, 1.807) is 30.7 Å². The normalized spacial score (nSPS) is 11.8. The van der Waals surface area contributed by atoms with Crippen LogP contribution in [0.4, 0.5) is 0 Å². The first-order chi connectivity index (χ1) is 11.7.